The van der Waals surface area contributed by atoms with Crippen molar-refractivity contribution < 1.29 is 4.39 Å². The van der Waals surface area contributed by atoms with Gasteiger partial charge >= 0.3 is 0 Å². The summed E-state index contributed by atoms with van der Waals surface area (Å²) >= 11 is 1.59. The van der Waals surface area contributed by atoms with E-state index in [4.69, 9.17) is 5.84 Å². The Morgan fingerprint density at radius 1 is 1.38 bits per heavy atom. The number of halogens is 1. The lowest BCUT2D eigenvalue weighted by Gasteiger charge is -2.17. The third-order valence-corrected chi connectivity index (χ3v) is 4.30. The number of rotatable bonds is 4. The predicted molar refractivity (Wildman–Crippen MR) is 85.7 cm³/mol. The minimum atomic E-state index is -0.274. The van der Waals surface area contributed by atoms with Crippen LogP contribution in [0.3, 0.4) is 0 Å². The molecule has 3 nitrogen and oxygen atoms in total. The molecule has 0 radical (unpaired) electrons. The summed E-state index contributed by atoms with van der Waals surface area (Å²) in [5.41, 5.74) is 5.26. The van der Waals surface area contributed by atoms with Crippen LogP contribution in [0.4, 0.5) is 4.39 Å². The van der Waals surface area contributed by atoms with Gasteiger partial charge in [-0.2, -0.15) is 0 Å². The van der Waals surface area contributed by atoms with Crippen molar-refractivity contribution in [2.45, 2.75) is 45.6 Å². The molecule has 0 aliphatic carbocycles. The molecule has 1 aromatic heterocycles. The van der Waals surface area contributed by atoms with E-state index in [1.165, 1.54) is 6.07 Å². The summed E-state index contributed by atoms with van der Waals surface area (Å²) in [4.78, 5) is 4.64. The second kappa shape index (κ2) is 6.22. The van der Waals surface area contributed by atoms with Crippen LogP contribution in [0.1, 0.15) is 48.6 Å². The Labute approximate surface area is 129 Å². The lowest BCUT2D eigenvalue weighted by molar-refractivity contribution is 0.506. The molecule has 3 N–H and O–H groups in total. The Bertz CT molecular complexity index is 616. The molecule has 0 saturated heterocycles. The van der Waals surface area contributed by atoms with E-state index < -0.39 is 0 Å². The van der Waals surface area contributed by atoms with Crippen LogP contribution in [0.2, 0.25) is 0 Å². The first-order valence-electron chi connectivity index (χ1n) is 6.98. The first kappa shape index (κ1) is 16.1. The van der Waals surface area contributed by atoms with Crippen molar-refractivity contribution in [3.8, 4) is 0 Å². The van der Waals surface area contributed by atoms with E-state index in [2.05, 4.69) is 36.6 Å². The molecule has 5 heteroatoms. The number of hydrogen-bond donors (Lipinski definition) is 2. The number of nitrogens with two attached hydrogens (primary N) is 1. The van der Waals surface area contributed by atoms with Crippen molar-refractivity contribution in [1.29, 1.82) is 0 Å². The largest absolute Gasteiger partial charge is 0.271 e. The molecule has 1 atom stereocenters. The molecule has 0 bridgehead atoms. The van der Waals surface area contributed by atoms with E-state index in [-0.39, 0.29) is 17.3 Å². The maximum Gasteiger partial charge on any atom is 0.128 e. The van der Waals surface area contributed by atoms with Gasteiger partial charge in [-0.3, -0.25) is 11.3 Å². The van der Waals surface area contributed by atoms with Crippen LogP contribution >= 0.6 is 11.3 Å². The number of hydrazine groups is 1. The monoisotopic (exact) mass is 307 g/mol. The number of aromatic nitrogens is 1. The summed E-state index contributed by atoms with van der Waals surface area (Å²) in [6, 6.07) is 4.94. The van der Waals surface area contributed by atoms with Gasteiger partial charge in [0.15, 0.2) is 0 Å². The Balaban J connectivity index is 2.21. The van der Waals surface area contributed by atoms with Gasteiger partial charge in [0, 0.05) is 22.8 Å². The number of nitrogens with zero attached hydrogens (tertiary/aromatic N) is 1. The van der Waals surface area contributed by atoms with Gasteiger partial charge < -0.3 is 0 Å². The van der Waals surface area contributed by atoms with Crippen molar-refractivity contribution in [1.82, 2.24) is 10.4 Å². The highest BCUT2D eigenvalue weighted by atomic mass is 32.1. The number of hydrogen-bond acceptors (Lipinski definition) is 4. The Hall–Kier alpha value is -1.30. The molecule has 1 unspecified atom stereocenters. The highest BCUT2D eigenvalue weighted by Gasteiger charge is 2.20. The number of benzene rings is 1. The van der Waals surface area contributed by atoms with E-state index in [0.717, 1.165) is 16.3 Å². The van der Waals surface area contributed by atoms with Crippen molar-refractivity contribution >= 4 is 11.3 Å². The van der Waals surface area contributed by atoms with Gasteiger partial charge in [0.05, 0.1) is 16.7 Å². The standard InChI is InChI=1S/C16H22FN3S/c1-10-5-6-11(12(17)7-10)13(20-18)8-15-19-14(9-21-15)16(2,3)4/h5-7,9,13,20H,8,18H2,1-4H3. The molecule has 2 rings (SSSR count). The fraction of sp³-hybridized carbons (Fsp3) is 0.438. The summed E-state index contributed by atoms with van der Waals surface area (Å²) in [6.07, 6.45) is 0.581. The molecule has 0 spiro atoms. The summed E-state index contributed by atoms with van der Waals surface area (Å²) < 4.78 is 14.1. The van der Waals surface area contributed by atoms with Gasteiger partial charge in [0.2, 0.25) is 0 Å². The summed E-state index contributed by atoms with van der Waals surface area (Å²) in [6.45, 7) is 8.26. The molecule has 114 valence electrons. The first-order valence-corrected chi connectivity index (χ1v) is 7.86. The second-order valence-corrected chi connectivity index (χ2v) is 7.27. The van der Waals surface area contributed by atoms with E-state index in [1.807, 2.05) is 13.0 Å². The van der Waals surface area contributed by atoms with Crippen LogP contribution in [0.25, 0.3) is 0 Å². The zero-order chi connectivity index (χ0) is 15.6. The molecule has 0 aliphatic heterocycles. The third kappa shape index (κ3) is 3.87. The fourth-order valence-corrected chi connectivity index (χ4v) is 3.17. The van der Waals surface area contributed by atoms with Crippen LogP contribution in [0.15, 0.2) is 23.6 Å². The van der Waals surface area contributed by atoms with Crippen molar-refractivity contribution in [3.05, 3.63) is 51.2 Å². The van der Waals surface area contributed by atoms with Crippen molar-refractivity contribution in [2.75, 3.05) is 0 Å². The van der Waals surface area contributed by atoms with E-state index >= 15 is 0 Å². The van der Waals surface area contributed by atoms with Crippen molar-refractivity contribution in [2.24, 2.45) is 5.84 Å². The van der Waals surface area contributed by atoms with E-state index in [9.17, 15) is 4.39 Å². The summed E-state index contributed by atoms with van der Waals surface area (Å²) in [5, 5.41) is 3.02. The van der Waals surface area contributed by atoms with E-state index in [1.54, 1.807) is 17.4 Å². The predicted octanol–water partition coefficient (Wildman–Crippen LogP) is 3.64. The van der Waals surface area contributed by atoms with Gasteiger partial charge in [-0.15, -0.1) is 11.3 Å². The normalized spacial score (nSPS) is 13.4. The molecule has 2 aromatic rings. The number of aryl methyl sites for hydroxylation is 1. The number of thiazole rings is 1. The summed E-state index contributed by atoms with van der Waals surface area (Å²) in [5.74, 6) is 5.38. The first-order chi connectivity index (χ1) is 9.81. The Morgan fingerprint density at radius 2 is 2.10 bits per heavy atom. The van der Waals surface area contributed by atoms with Crippen LogP contribution in [0, 0.1) is 12.7 Å². The fourth-order valence-electron chi connectivity index (χ4n) is 2.10. The van der Waals surface area contributed by atoms with Crippen LogP contribution in [0.5, 0.6) is 0 Å². The lowest BCUT2D eigenvalue weighted by atomic mass is 9.93. The third-order valence-electron chi connectivity index (χ3n) is 3.43. The highest BCUT2D eigenvalue weighted by Crippen LogP contribution is 2.27. The van der Waals surface area contributed by atoms with Gasteiger partial charge in [-0.05, 0) is 18.6 Å². The topological polar surface area (TPSA) is 50.9 Å². The summed E-state index contributed by atoms with van der Waals surface area (Å²) in [7, 11) is 0. The highest BCUT2D eigenvalue weighted by molar-refractivity contribution is 7.09. The van der Waals surface area contributed by atoms with Crippen LogP contribution in [-0.4, -0.2) is 4.98 Å². The van der Waals surface area contributed by atoms with Gasteiger partial charge in [0.25, 0.3) is 0 Å². The molecule has 1 aromatic carbocycles. The molecule has 0 saturated carbocycles. The molecule has 1 heterocycles. The smallest absolute Gasteiger partial charge is 0.128 e. The zero-order valence-corrected chi connectivity index (χ0v) is 13.7. The average molecular weight is 307 g/mol. The maximum absolute atomic E-state index is 14.1. The van der Waals surface area contributed by atoms with Crippen LogP contribution < -0.4 is 11.3 Å². The van der Waals surface area contributed by atoms with E-state index in [0.29, 0.717) is 12.0 Å². The molecular formula is C16H22FN3S. The van der Waals surface area contributed by atoms with Gasteiger partial charge in [0.1, 0.15) is 5.82 Å². The average Bonchev–Trinajstić information content (AvgIpc) is 2.85. The minimum absolute atomic E-state index is 0.0233. The SMILES string of the molecule is Cc1ccc(C(Cc2nc(C(C)(C)C)cs2)NN)c(F)c1. The lowest BCUT2D eigenvalue weighted by Crippen LogP contribution is -2.30. The second-order valence-electron chi connectivity index (χ2n) is 6.32. The van der Waals surface area contributed by atoms with Gasteiger partial charge in [-0.1, -0.05) is 32.9 Å². The molecular weight excluding hydrogens is 285 g/mol. The molecule has 0 aliphatic rings. The molecule has 0 fully saturated rings. The molecule has 0 amide bonds. The quantitative estimate of drug-likeness (QED) is 0.670. The number of nitrogens with one attached hydrogen (secondary N) is 1. The molecule has 21 heavy (non-hydrogen) atoms. The minimum Gasteiger partial charge on any atom is -0.271 e. The maximum atomic E-state index is 14.1. The van der Waals surface area contributed by atoms with Gasteiger partial charge in [-0.25, -0.2) is 9.37 Å². The zero-order valence-electron chi connectivity index (χ0n) is 12.9. The van der Waals surface area contributed by atoms with Crippen LogP contribution in [-0.2, 0) is 11.8 Å². The van der Waals surface area contributed by atoms with Crippen molar-refractivity contribution in [3.63, 3.8) is 0 Å². The Kier molecular flexibility index (Phi) is 4.76. The Morgan fingerprint density at radius 3 is 2.62 bits per heavy atom.